The number of para-hydroxylation sites is 1. The van der Waals surface area contributed by atoms with Crippen LogP contribution in [0.25, 0.3) is 0 Å². The van der Waals surface area contributed by atoms with Gasteiger partial charge in [0.15, 0.2) is 11.5 Å². The lowest BCUT2D eigenvalue weighted by atomic mass is 10.0. The molecule has 0 radical (unpaired) electrons. The highest BCUT2D eigenvalue weighted by Gasteiger charge is 2.33. The molecule has 0 bridgehead atoms. The molecule has 2 aromatic rings. The fourth-order valence-electron chi connectivity index (χ4n) is 3.20. The average molecular weight is 341 g/mol. The van der Waals surface area contributed by atoms with Gasteiger partial charge in [-0.05, 0) is 18.6 Å². The largest absolute Gasteiger partial charge is 0.493 e. The van der Waals surface area contributed by atoms with Crippen molar-refractivity contribution in [3.8, 4) is 17.2 Å². The molecule has 1 aliphatic heterocycles. The second-order valence-electron chi connectivity index (χ2n) is 5.65. The third kappa shape index (κ3) is 2.73. The van der Waals surface area contributed by atoms with Crippen LogP contribution >= 0.6 is 0 Å². The number of nitrogens with zero attached hydrogens (tertiary/aromatic N) is 2. The highest BCUT2D eigenvalue weighted by atomic mass is 16.5. The van der Waals surface area contributed by atoms with Gasteiger partial charge in [-0.1, -0.05) is 25.1 Å². The van der Waals surface area contributed by atoms with E-state index >= 15 is 0 Å². The zero-order chi connectivity index (χ0) is 18.0. The number of aliphatic imine (C=N–C) groups is 1. The Morgan fingerprint density at radius 2 is 1.72 bits per heavy atom. The number of hydrogen-bond acceptors (Lipinski definition) is 6. The Bertz CT molecular complexity index is 790. The Hall–Kier alpha value is -2.89. The van der Waals surface area contributed by atoms with E-state index in [9.17, 15) is 0 Å². The predicted molar refractivity (Wildman–Crippen MR) is 99.5 cm³/mol. The highest BCUT2D eigenvalue weighted by molar-refractivity contribution is 6.08. The molecule has 1 aliphatic rings. The molecule has 1 atom stereocenters. The molecular formula is C19H23N3O3. The summed E-state index contributed by atoms with van der Waals surface area (Å²) >= 11 is 0. The van der Waals surface area contributed by atoms with Gasteiger partial charge >= 0.3 is 0 Å². The lowest BCUT2D eigenvalue weighted by molar-refractivity contribution is 0.324. The Morgan fingerprint density at radius 1 is 1.04 bits per heavy atom. The summed E-state index contributed by atoms with van der Waals surface area (Å²) in [7, 11) is 4.77. The van der Waals surface area contributed by atoms with Crippen LogP contribution in [0.3, 0.4) is 0 Å². The highest BCUT2D eigenvalue weighted by Crippen LogP contribution is 2.48. The molecule has 6 nitrogen and oxygen atoms in total. The fourth-order valence-corrected chi connectivity index (χ4v) is 3.20. The zero-order valence-corrected chi connectivity index (χ0v) is 14.9. The fraction of sp³-hybridized carbons (Fsp3) is 0.316. The van der Waals surface area contributed by atoms with Crippen LogP contribution in [0.2, 0.25) is 0 Å². The van der Waals surface area contributed by atoms with Crippen molar-refractivity contribution >= 4 is 17.2 Å². The van der Waals surface area contributed by atoms with Gasteiger partial charge in [-0.15, -0.1) is 0 Å². The molecule has 0 aromatic heterocycles. The van der Waals surface area contributed by atoms with Crippen LogP contribution in [-0.2, 0) is 0 Å². The molecule has 25 heavy (non-hydrogen) atoms. The summed E-state index contributed by atoms with van der Waals surface area (Å²) in [5.74, 6) is 2.05. The second-order valence-corrected chi connectivity index (χ2v) is 5.65. The van der Waals surface area contributed by atoms with Gasteiger partial charge in [-0.25, -0.2) is 4.99 Å². The van der Waals surface area contributed by atoms with Crippen molar-refractivity contribution in [2.45, 2.75) is 19.5 Å². The Labute approximate surface area is 147 Å². The van der Waals surface area contributed by atoms with Crippen molar-refractivity contribution < 1.29 is 14.2 Å². The smallest absolute Gasteiger partial charge is 0.204 e. The average Bonchev–Trinajstić information content (AvgIpc) is 2.66. The number of methoxy groups -OCH3 is 3. The first-order chi connectivity index (χ1) is 12.2. The molecule has 1 heterocycles. The number of fused-ring (bicyclic) bond motifs is 1. The van der Waals surface area contributed by atoms with Crippen LogP contribution in [0.5, 0.6) is 17.2 Å². The number of hydrogen-bond donors (Lipinski definition) is 1. The summed E-state index contributed by atoms with van der Waals surface area (Å²) in [5.41, 5.74) is 8.93. The minimum Gasteiger partial charge on any atom is -0.493 e. The quantitative estimate of drug-likeness (QED) is 0.903. The number of nitrogens with two attached hydrogens (primary N) is 1. The molecule has 1 unspecified atom stereocenters. The summed E-state index contributed by atoms with van der Waals surface area (Å²) in [6.07, 6.45) is 0.712. The summed E-state index contributed by atoms with van der Waals surface area (Å²) in [6, 6.07) is 12.0. The molecule has 0 saturated carbocycles. The Balaban J connectivity index is 2.32. The van der Waals surface area contributed by atoms with Gasteiger partial charge in [-0.2, -0.15) is 0 Å². The Kier molecular flexibility index (Phi) is 4.70. The van der Waals surface area contributed by atoms with E-state index in [1.165, 1.54) is 0 Å². The third-order valence-corrected chi connectivity index (χ3v) is 4.31. The van der Waals surface area contributed by atoms with Crippen molar-refractivity contribution in [1.82, 2.24) is 0 Å². The number of benzene rings is 2. The molecule has 2 aromatic carbocycles. The van der Waals surface area contributed by atoms with E-state index in [1.807, 2.05) is 36.4 Å². The molecule has 6 heteroatoms. The maximum Gasteiger partial charge on any atom is 0.204 e. The first kappa shape index (κ1) is 17.0. The van der Waals surface area contributed by atoms with Crippen molar-refractivity contribution in [1.29, 1.82) is 0 Å². The van der Waals surface area contributed by atoms with Gasteiger partial charge in [0.2, 0.25) is 5.75 Å². The number of amidine groups is 1. The number of anilines is 2. The maximum absolute atomic E-state index is 6.29. The lowest BCUT2D eigenvalue weighted by Gasteiger charge is -2.36. The zero-order valence-electron chi connectivity index (χ0n) is 14.9. The van der Waals surface area contributed by atoms with Crippen molar-refractivity contribution in [3.05, 3.63) is 42.0 Å². The topological polar surface area (TPSA) is 69.3 Å². The molecule has 0 spiro atoms. The Morgan fingerprint density at radius 3 is 2.28 bits per heavy atom. The molecule has 0 saturated heterocycles. The maximum atomic E-state index is 6.29. The number of rotatable bonds is 5. The van der Waals surface area contributed by atoms with Gasteiger partial charge in [0.1, 0.15) is 12.0 Å². The van der Waals surface area contributed by atoms with Crippen molar-refractivity contribution in [2.24, 2.45) is 10.7 Å². The van der Waals surface area contributed by atoms with E-state index in [1.54, 1.807) is 21.3 Å². The number of ether oxygens (including phenoxy) is 3. The molecule has 2 N–H and O–H groups in total. The normalized spacial score (nSPS) is 16.1. The summed E-state index contributed by atoms with van der Waals surface area (Å²) < 4.78 is 16.6. The summed E-state index contributed by atoms with van der Waals surface area (Å²) in [5, 5.41) is 0. The van der Waals surface area contributed by atoms with E-state index in [0.29, 0.717) is 28.6 Å². The SMILES string of the molecule is CCC1N=C(N)c2c(cc(OC)c(OC)c2OC)N1c1ccccc1. The van der Waals surface area contributed by atoms with Gasteiger partial charge < -0.3 is 24.8 Å². The van der Waals surface area contributed by atoms with Gasteiger partial charge in [0.05, 0.1) is 32.6 Å². The lowest BCUT2D eigenvalue weighted by Crippen LogP contribution is -2.37. The second kappa shape index (κ2) is 6.93. The van der Waals surface area contributed by atoms with Crippen LogP contribution in [-0.4, -0.2) is 33.3 Å². The van der Waals surface area contributed by atoms with Gasteiger partial charge in [-0.3, -0.25) is 0 Å². The van der Waals surface area contributed by atoms with Crippen molar-refractivity contribution in [3.63, 3.8) is 0 Å². The van der Waals surface area contributed by atoms with Crippen LogP contribution in [0, 0.1) is 0 Å². The van der Waals surface area contributed by atoms with E-state index < -0.39 is 0 Å². The predicted octanol–water partition coefficient (Wildman–Crippen LogP) is 3.31. The minimum absolute atomic E-state index is 0.0993. The van der Waals surface area contributed by atoms with Crippen LogP contribution in [0.4, 0.5) is 11.4 Å². The minimum atomic E-state index is -0.0993. The van der Waals surface area contributed by atoms with Gasteiger partial charge in [0.25, 0.3) is 0 Å². The molecule has 0 amide bonds. The van der Waals surface area contributed by atoms with Crippen LogP contribution in [0.15, 0.2) is 41.4 Å². The molecule has 3 rings (SSSR count). The van der Waals surface area contributed by atoms with E-state index in [2.05, 4.69) is 16.8 Å². The van der Waals surface area contributed by atoms with E-state index in [-0.39, 0.29) is 6.17 Å². The van der Waals surface area contributed by atoms with E-state index in [0.717, 1.165) is 17.8 Å². The molecule has 0 aliphatic carbocycles. The van der Waals surface area contributed by atoms with Crippen LogP contribution < -0.4 is 24.8 Å². The summed E-state index contributed by atoms with van der Waals surface area (Å²) in [4.78, 5) is 6.83. The first-order valence-electron chi connectivity index (χ1n) is 8.17. The van der Waals surface area contributed by atoms with Crippen LogP contribution in [0.1, 0.15) is 18.9 Å². The monoisotopic (exact) mass is 341 g/mol. The van der Waals surface area contributed by atoms with Gasteiger partial charge in [0, 0.05) is 11.8 Å². The molecule has 132 valence electrons. The van der Waals surface area contributed by atoms with Crippen molar-refractivity contribution in [2.75, 3.05) is 26.2 Å². The molecule has 0 fully saturated rings. The third-order valence-electron chi connectivity index (χ3n) is 4.31. The molecular weight excluding hydrogens is 318 g/mol. The first-order valence-corrected chi connectivity index (χ1v) is 8.17. The standard InChI is InChI=1S/C19H23N3O3/c1-5-15-21-19(20)16-13(22(15)12-9-7-6-8-10-12)11-14(23-2)17(24-3)18(16)25-4/h6-11,15H,5H2,1-4H3,(H2,20,21). The summed E-state index contributed by atoms with van der Waals surface area (Å²) in [6.45, 7) is 2.08. The van der Waals surface area contributed by atoms with E-state index in [4.69, 9.17) is 19.9 Å².